The van der Waals surface area contributed by atoms with Crippen LogP contribution in [0.5, 0.6) is 5.75 Å². The fourth-order valence-electron chi connectivity index (χ4n) is 5.19. The number of rotatable bonds is 8. The van der Waals surface area contributed by atoms with Crippen LogP contribution >= 0.6 is 23.2 Å². The van der Waals surface area contributed by atoms with Crippen LogP contribution < -0.4 is 19.5 Å². The van der Waals surface area contributed by atoms with E-state index < -0.39 is 6.17 Å². The molecule has 1 atom stereocenters. The number of amidine groups is 1. The third kappa shape index (κ3) is 5.95. The average molecular weight is 602 g/mol. The topological polar surface area (TPSA) is 57.6 Å². The molecule has 2 aliphatic heterocycles. The first-order valence-electron chi connectivity index (χ1n) is 13.8. The molecule has 4 aromatic rings. The normalized spacial score (nSPS) is 16.9. The summed E-state index contributed by atoms with van der Waals surface area (Å²) >= 11 is 12.9. The van der Waals surface area contributed by atoms with Crippen molar-refractivity contribution in [3.8, 4) is 5.75 Å². The molecule has 0 N–H and O–H groups in total. The van der Waals surface area contributed by atoms with Crippen LogP contribution in [-0.4, -0.2) is 37.9 Å². The number of carbonyl (C=O) groups is 1. The first kappa shape index (κ1) is 28.1. The Morgan fingerprint density at radius 3 is 2.29 bits per heavy atom. The largest absolute Gasteiger partial charge is 0.489 e. The Morgan fingerprint density at radius 2 is 1.62 bits per heavy atom. The van der Waals surface area contributed by atoms with Crippen molar-refractivity contribution in [3.63, 3.8) is 0 Å². The van der Waals surface area contributed by atoms with E-state index in [4.69, 9.17) is 37.8 Å². The van der Waals surface area contributed by atoms with Crippen molar-refractivity contribution < 1.29 is 14.3 Å². The van der Waals surface area contributed by atoms with E-state index in [1.807, 2.05) is 107 Å². The lowest BCUT2D eigenvalue weighted by molar-refractivity contribution is -0.111. The third-order valence-electron chi connectivity index (χ3n) is 7.30. The van der Waals surface area contributed by atoms with Gasteiger partial charge in [0.1, 0.15) is 12.4 Å². The average Bonchev–Trinajstić information content (AvgIpc) is 3.43. The summed E-state index contributed by atoms with van der Waals surface area (Å²) in [6, 6.07) is 31.2. The smallest absolute Gasteiger partial charge is 0.198 e. The monoisotopic (exact) mass is 600 g/mol. The number of morpholine rings is 1. The summed E-state index contributed by atoms with van der Waals surface area (Å²) in [6.07, 6.45) is -0.429. The lowest BCUT2D eigenvalue weighted by atomic mass is 10.1. The quantitative estimate of drug-likeness (QED) is 0.211. The molecule has 0 saturated carbocycles. The van der Waals surface area contributed by atoms with Crippen molar-refractivity contribution in [2.75, 3.05) is 41.1 Å². The number of ketones is 1. The second-order valence-electron chi connectivity index (χ2n) is 10.1. The van der Waals surface area contributed by atoms with Crippen molar-refractivity contribution in [2.24, 2.45) is 5.10 Å². The molecular weight excluding hydrogens is 571 g/mol. The van der Waals surface area contributed by atoms with E-state index in [9.17, 15) is 4.79 Å². The summed E-state index contributed by atoms with van der Waals surface area (Å²) in [6.45, 7) is 4.85. The number of anilines is 3. The van der Waals surface area contributed by atoms with Gasteiger partial charge in [0.05, 0.1) is 29.6 Å². The van der Waals surface area contributed by atoms with Crippen molar-refractivity contribution in [3.05, 3.63) is 118 Å². The fourth-order valence-corrected chi connectivity index (χ4v) is 5.61. The second kappa shape index (κ2) is 12.4. The van der Waals surface area contributed by atoms with E-state index in [1.54, 1.807) is 0 Å². The molecule has 0 bridgehead atoms. The van der Waals surface area contributed by atoms with Crippen LogP contribution in [-0.2, 0) is 16.1 Å². The third-order valence-corrected chi connectivity index (χ3v) is 7.86. The van der Waals surface area contributed by atoms with Gasteiger partial charge in [-0.05, 0) is 65.7 Å². The molecule has 2 heterocycles. The molecule has 0 aromatic heterocycles. The Balaban J connectivity index is 1.34. The summed E-state index contributed by atoms with van der Waals surface area (Å²) in [5, 5.41) is 8.02. The highest BCUT2D eigenvalue weighted by molar-refractivity contribution is 6.44. The molecule has 0 amide bonds. The molecule has 2 aliphatic rings. The minimum absolute atomic E-state index is 0.144. The number of hydrogen-bond donors (Lipinski definition) is 0. The molecule has 6 rings (SSSR count). The zero-order chi connectivity index (χ0) is 29.1. The number of halogens is 2. The Kier molecular flexibility index (Phi) is 8.33. The van der Waals surface area contributed by atoms with Crippen LogP contribution in [0.2, 0.25) is 10.0 Å². The Labute approximate surface area is 255 Å². The van der Waals surface area contributed by atoms with E-state index in [0.29, 0.717) is 35.7 Å². The Morgan fingerprint density at radius 1 is 0.905 bits per heavy atom. The highest BCUT2D eigenvalue weighted by Crippen LogP contribution is 2.41. The molecule has 4 aromatic carbocycles. The summed E-state index contributed by atoms with van der Waals surface area (Å²) in [5.74, 6) is 0.923. The standard InChI is InChI=1S/C33H30Cl2N4O3/c1-23(40)32-36-39(27-5-3-2-4-6-27)33(25-9-14-29(15-10-25)42-22-24-7-11-26(34)12-8-24)38(32)28-13-16-31(30(35)21-28)37-17-19-41-20-18-37/h2-16,21,33H,17-20,22H2,1H3/t33-/m0/s1. The predicted molar refractivity (Wildman–Crippen MR) is 169 cm³/mol. The number of nitrogens with zero attached hydrogens (tertiary/aromatic N) is 4. The van der Waals surface area contributed by atoms with Crippen LogP contribution in [0.25, 0.3) is 0 Å². The summed E-state index contributed by atoms with van der Waals surface area (Å²) in [7, 11) is 0. The van der Waals surface area contributed by atoms with Crippen molar-refractivity contribution in [1.82, 2.24) is 0 Å². The molecule has 0 radical (unpaired) electrons. The van der Waals surface area contributed by atoms with Gasteiger partial charge in [0.25, 0.3) is 0 Å². The Hall–Kier alpha value is -4.04. The minimum Gasteiger partial charge on any atom is -0.489 e. The van der Waals surface area contributed by atoms with Gasteiger partial charge in [-0.2, -0.15) is 0 Å². The number of para-hydroxylation sites is 1. The summed E-state index contributed by atoms with van der Waals surface area (Å²) in [4.78, 5) is 17.2. The molecule has 0 unspecified atom stereocenters. The van der Waals surface area contributed by atoms with Gasteiger partial charge < -0.3 is 14.4 Å². The van der Waals surface area contributed by atoms with Gasteiger partial charge in [-0.15, -0.1) is 5.10 Å². The van der Waals surface area contributed by atoms with E-state index in [2.05, 4.69) is 4.90 Å². The van der Waals surface area contributed by atoms with Crippen LogP contribution in [0.4, 0.5) is 17.1 Å². The van der Waals surface area contributed by atoms with Gasteiger partial charge in [-0.1, -0.05) is 65.7 Å². The minimum atomic E-state index is -0.429. The van der Waals surface area contributed by atoms with Crippen molar-refractivity contribution in [1.29, 1.82) is 0 Å². The number of benzene rings is 4. The second-order valence-corrected chi connectivity index (χ2v) is 11.0. The molecule has 1 saturated heterocycles. The summed E-state index contributed by atoms with van der Waals surface area (Å²) in [5.41, 5.74) is 4.55. The van der Waals surface area contributed by atoms with Crippen LogP contribution in [0.15, 0.2) is 102 Å². The molecule has 1 fully saturated rings. The van der Waals surface area contributed by atoms with E-state index in [-0.39, 0.29) is 5.78 Å². The van der Waals surface area contributed by atoms with Gasteiger partial charge in [0.2, 0.25) is 0 Å². The molecule has 214 valence electrons. The Bertz CT molecular complexity index is 1570. The highest BCUT2D eigenvalue weighted by Gasteiger charge is 2.39. The van der Waals surface area contributed by atoms with Gasteiger partial charge in [0.15, 0.2) is 17.8 Å². The predicted octanol–water partition coefficient (Wildman–Crippen LogP) is 7.34. The number of carbonyl (C=O) groups excluding carboxylic acids is 1. The molecule has 0 spiro atoms. The highest BCUT2D eigenvalue weighted by atomic mass is 35.5. The van der Waals surface area contributed by atoms with Crippen molar-refractivity contribution in [2.45, 2.75) is 19.7 Å². The van der Waals surface area contributed by atoms with Crippen LogP contribution in [0, 0.1) is 0 Å². The van der Waals surface area contributed by atoms with Gasteiger partial charge >= 0.3 is 0 Å². The maximum Gasteiger partial charge on any atom is 0.198 e. The van der Waals surface area contributed by atoms with Crippen LogP contribution in [0.1, 0.15) is 24.2 Å². The SMILES string of the molecule is CC(=O)C1=NN(c2ccccc2)[C@@H](c2ccc(OCc3ccc(Cl)cc3)cc2)N1c1ccc(N2CCOCC2)c(Cl)c1. The molecular formula is C33H30Cl2N4O3. The molecule has 42 heavy (non-hydrogen) atoms. The fraction of sp³-hybridized carbons (Fsp3) is 0.212. The van der Waals surface area contributed by atoms with Gasteiger partial charge in [-0.3, -0.25) is 9.69 Å². The molecule has 0 aliphatic carbocycles. The summed E-state index contributed by atoms with van der Waals surface area (Å²) < 4.78 is 11.5. The van der Waals surface area contributed by atoms with E-state index in [0.717, 1.165) is 47.0 Å². The maximum atomic E-state index is 13.0. The number of hydrogen-bond acceptors (Lipinski definition) is 7. The maximum absolute atomic E-state index is 13.0. The van der Waals surface area contributed by atoms with Crippen LogP contribution in [0.3, 0.4) is 0 Å². The first-order valence-corrected chi connectivity index (χ1v) is 14.6. The lowest BCUT2D eigenvalue weighted by Crippen LogP contribution is -2.38. The number of hydrazone groups is 1. The number of ether oxygens (including phenoxy) is 2. The molecule has 7 nitrogen and oxygen atoms in total. The van der Waals surface area contributed by atoms with E-state index in [1.165, 1.54) is 6.92 Å². The zero-order valence-corrected chi connectivity index (χ0v) is 24.6. The lowest BCUT2D eigenvalue weighted by Gasteiger charge is -2.33. The molecule has 9 heteroatoms. The van der Waals surface area contributed by atoms with E-state index >= 15 is 0 Å². The van der Waals surface area contributed by atoms with Gasteiger partial charge in [-0.25, -0.2) is 5.01 Å². The van der Waals surface area contributed by atoms with Crippen molar-refractivity contribution >= 4 is 51.9 Å². The number of Topliss-reactive ketones (excluding diaryl/α,β-unsaturated/α-hetero) is 1. The first-order chi connectivity index (χ1) is 20.5. The zero-order valence-electron chi connectivity index (χ0n) is 23.1. The van der Waals surface area contributed by atoms with Gasteiger partial charge in [0, 0.05) is 30.7 Å².